The van der Waals surface area contributed by atoms with Crippen LogP contribution in [0.2, 0.25) is 0 Å². The van der Waals surface area contributed by atoms with Crippen LogP contribution < -0.4 is 9.47 Å². The third-order valence-corrected chi connectivity index (χ3v) is 4.77. The van der Waals surface area contributed by atoms with Crippen molar-refractivity contribution in [2.45, 2.75) is 32.7 Å². The summed E-state index contributed by atoms with van der Waals surface area (Å²) in [5.41, 5.74) is 0.982. The lowest BCUT2D eigenvalue weighted by molar-refractivity contribution is -0.143. The van der Waals surface area contributed by atoms with Crippen LogP contribution in [0.3, 0.4) is 0 Å². The SMILES string of the molecule is COc1ccc(CC(C)C(=O)N2CCC(C(=O)O)C2C)cc1OC. The second-order valence-corrected chi connectivity index (χ2v) is 6.30. The molecule has 1 N–H and O–H groups in total. The summed E-state index contributed by atoms with van der Waals surface area (Å²) in [6.07, 6.45) is 1.09. The van der Waals surface area contributed by atoms with Crippen LogP contribution in [0, 0.1) is 11.8 Å². The van der Waals surface area contributed by atoms with Gasteiger partial charge in [0.25, 0.3) is 0 Å². The first kappa shape index (κ1) is 18.1. The van der Waals surface area contributed by atoms with E-state index in [0.29, 0.717) is 30.9 Å². The fourth-order valence-corrected chi connectivity index (χ4v) is 3.31. The van der Waals surface area contributed by atoms with Crippen molar-refractivity contribution in [3.63, 3.8) is 0 Å². The Labute approximate surface area is 142 Å². The number of ether oxygens (including phenoxy) is 2. The Morgan fingerprint density at radius 2 is 1.96 bits per heavy atom. The number of carbonyl (C=O) groups is 2. The van der Waals surface area contributed by atoms with Gasteiger partial charge in [-0.05, 0) is 37.5 Å². The van der Waals surface area contributed by atoms with E-state index in [0.717, 1.165) is 5.56 Å². The molecule has 0 spiro atoms. The van der Waals surface area contributed by atoms with Gasteiger partial charge in [-0.1, -0.05) is 13.0 Å². The molecule has 3 atom stereocenters. The second kappa shape index (κ2) is 7.55. The number of hydrogen-bond acceptors (Lipinski definition) is 4. The third kappa shape index (κ3) is 3.63. The molecule has 3 unspecified atom stereocenters. The lowest BCUT2D eigenvalue weighted by Gasteiger charge is -2.26. The Bertz CT molecular complexity index is 615. The van der Waals surface area contributed by atoms with Crippen molar-refractivity contribution in [2.24, 2.45) is 11.8 Å². The first-order chi connectivity index (χ1) is 11.4. The van der Waals surface area contributed by atoms with E-state index >= 15 is 0 Å². The number of carboxylic acids is 1. The van der Waals surface area contributed by atoms with E-state index in [-0.39, 0.29) is 17.9 Å². The van der Waals surface area contributed by atoms with Crippen LogP contribution in [-0.4, -0.2) is 48.7 Å². The van der Waals surface area contributed by atoms with Gasteiger partial charge in [-0.2, -0.15) is 0 Å². The summed E-state index contributed by atoms with van der Waals surface area (Å²) in [6, 6.07) is 5.35. The molecule has 0 aliphatic carbocycles. The summed E-state index contributed by atoms with van der Waals surface area (Å²) < 4.78 is 10.5. The summed E-state index contributed by atoms with van der Waals surface area (Å²) in [5.74, 6) is -0.237. The molecule has 6 nitrogen and oxygen atoms in total. The highest BCUT2D eigenvalue weighted by atomic mass is 16.5. The number of hydrogen-bond donors (Lipinski definition) is 1. The van der Waals surface area contributed by atoms with Crippen LogP contribution in [-0.2, 0) is 16.0 Å². The highest BCUT2D eigenvalue weighted by molar-refractivity contribution is 5.81. The van der Waals surface area contributed by atoms with Crippen LogP contribution >= 0.6 is 0 Å². The van der Waals surface area contributed by atoms with E-state index in [1.54, 1.807) is 19.1 Å². The minimum Gasteiger partial charge on any atom is -0.493 e. The Morgan fingerprint density at radius 3 is 2.50 bits per heavy atom. The predicted molar refractivity (Wildman–Crippen MR) is 89.3 cm³/mol. The average Bonchev–Trinajstić information content (AvgIpc) is 2.95. The molecule has 2 rings (SSSR count). The Hall–Kier alpha value is -2.24. The number of amides is 1. The van der Waals surface area contributed by atoms with Crippen LogP contribution in [0.1, 0.15) is 25.8 Å². The molecule has 0 radical (unpaired) electrons. The van der Waals surface area contributed by atoms with Crippen LogP contribution in [0.4, 0.5) is 0 Å². The van der Waals surface area contributed by atoms with E-state index in [2.05, 4.69) is 0 Å². The maximum absolute atomic E-state index is 12.7. The van der Waals surface area contributed by atoms with Crippen molar-refractivity contribution < 1.29 is 24.2 Å². The minimum atomic E-state index is -0.828. The highest BCUT2D eigenvalue weighted by Crippen LogP contribution is 2.30. The van der Waals surface area contributed by atoms with Crippen molar-refractivity contribution in [1.82, 2.24) is 4.90 Å². The summed E-state index contributed by atoms with van der Waals surface area (Å²) >= 11 is 0. The largest absolute Gasteiger partial charge is 0.493 e. The quantitative estimate of drug-likeness (QED) is 0.862. The standard InChI is InChI=1S/C18H25NO5/c1-11(9-13-5-6-15(23-3)16(10-13)24-4)17(20)19-8-7-14(12(19)2)18(21)22/h5-6,10-12,14H,7-9H2,1-4H3,(H,21,22). The topological polar surface area (TPSA) is 76.1 Å². The Morgan fingerprint density at radius 1 is 1.29 bits per heavy atom. The van der Waals surface area contributed by atoms with Gasteiger partial charge in [-0.3, -0.25) is 9.59 Å². The Kier molecular flexibility index (Phi) is 5.70. The van der Waals surface area contributed by atoms with Gasteiger partial charge in [-0.25, -0.2) is 0 Å². The second-order valence-electron chi connectivity index (χ2n) is 6.30. The van der Waals surface area contributed by atoms with Gasteiger partial charge >= 0.3 is 5.97 Å². The predicted octanol–water partition coefficient (Wildman–Crippen LogP) is 2.20. The van der Waals surface area contributed by atoms with Gasteiger partial charge in [0.05, 0.1) is 20.1 Å². The van der Waals surface area contributed by atoms with E-state index in [4.69, 9.17) is 9.47 Å². The zero-order valence-corrected chi connectivity index (χ0v) is 14.6. The molecule has 132 valence electrons. The fourth-order valence-electron chi connectivity index (χ4n) is 3.31. The highest BCUT2D eigenvalue weighted by Gasteiger charge is 2.39. The monoisotopic (exact) mass is 335 g/mol. The third-order valence-electron chi connectivity index (χ3n) is 4.77. The molecule has 0 bridgehead atoms. The van der Waals surface area contributed by atoms with Crippen LogP contribution in [0.15, 0.2) is 18.2 Å². The van der Waals surface area contributed by atoms with Gasteiger partial charge in [0.1, 0.15) is 0 Å². The number of carbonyl (C=O) groups excluding carboxylic acids is 1. The van der Waals surface area contributed by atoms with Crippen molar-refractivity contribution >= 4 is 11.9 Å². The molecule has 1 aromatic carbocycles. The first-order valence-corrected chi connectivity index (χ1v) is 8.13. The number of aliphatic carboxylic acids is 1. The van der Waals surface area contributed by atoms with E-state index in [1.807, 2.05) is 32.0 Å². The van der Waals surface area contributed by atoms with Crippen LogP contribution in [0.5, 0.6) is 11.5 Å². The first-order valence-electron chi connectivity index (χ1n) is 8.13. The summed E-state index contributed by atoms with van der Waals surface area (Å²) in [7, 11) is 3.16. The number of rotatable bonds is 6. The molecule has 1 saturated heterocycles. The average molecular weight is 335 g/mol. The molecule has 1 aliphatic rings. The number of methoxy groups -OCH3 is 2. The lowest BCUT2D eigenvalue weighted by atomic mass is 9.98. The fraction of sp³-hybridized carbons (Fsp3) is 0.556. The molecule has 1 heterocycles. The minimum absolute atomic E-state index is 0.000958. The molecule has 1 aromatic rings. The van der Waals surface area contributed by atoms with E-state index in [1.165, 1.54) is 0 Å². The summed E-state index contributed by atoms with van der Waals surface area (Å²) in [5, 5.41) is 9.20. The zero-order chi connectivity index (χ0) is 17.9. The Balaban J connectivity index is 2.06. The molecular formula is C18H25NO5. The molecule has 6 heteroatoms. The van der Waals surface area contributed by atoms with Crippen molar-refractivity contribution in [3.8, 4) is 11.5 Å². The number of carboxylic acid groups (broad SMARTS) is 1. The molecule has 1 amide bonds. The number of nitrogens with zero attached hydrogens (tertiary/aromatic N) is 1. The van der Waals surface area contributed by atoms with Crippen LogP contribution in [0.25, 0.3) is 0 Å². The van der Waals surface area contributed by atoms with Gasteiger partial charge in [-0.15, -0.1) is 0 Å². The molecular weight excluding hydrogens is 310 g/mol. The molecule has 1 fully saturated rings. The van der Waals surface area contributed by atoms with Gasteiger partial charge < -0.3 is 19.5 Å². The molecule has 24 heavy (non-hydrogen) atoms. The van der Waals surface area contributed by atoms with E-state index < -0.39 is 11.9 Å². The van der Waals surface area contributed by atoms with Crippen molar-refractivity contribution in [1.29, 1.82) is 0 Å². The van der Waals surface area contributed by atoms with Gasteiger partial charge in [0.15, 0.2) is 11.5 Å². The summed E-state index contributed by atoms with van der Waals surface area (Å²) in [6.45, 7) is 4.19. The van der Waals surface area contributed by atoms with Gasteiger partial charge in [0.2, 0.25) is 5.91 Å². The zero-order valence-electron chi connectivity index (χ0n) is 14.6. The summed E-state index contributed by atoms with van der Waals surface area (Å²) in [4.78, 5) is 25.6. The maximum atomic E-state index is 12.7. The molecule has 0 saturated carbocycles. The molecule has 1 aliphatic heterocycles. The number of likely N-dealkylation sites (tertiary alicyclic amines) is 1. The normalized spacial score (nSPS) is 21.4. The van der Waals surface area contributed by atoms with E-state index in [9.17, 15) is 14.7 Å². The lowest BCUT2D eigenvalue weighted by Crippen LogP contribution is -2.40. The van der Waals surface area contributed by atoms with Crippen molar-refractivity contribution in [2.75, 3.05) is 20.8 Å². The van der Waals surface area contributed by atoms with Gasteiger partial charge in [0, 0.05) is 18.5 Å². The smallest absolute Gasteiger partial charge is 0.308 e. The van der Waals surface area contributed by atoms with Crippen molar-refractivity contribution in [3.05, 3.63) is 23.8 Å². The maximum Gasteiger partial charge on any atom is 0.308 e. The number of benzene rings is 1. The molecule has 0 aromatic heterocycles.